The summed E-state index contributed by atoms with van der Waals surface area (Å²) in [6, 6.07) is 1.94. The van der Waals surface area contributed by atoms with E-state index >= 15 is 0 Å². The van der Waals surface area contributed by atoms with Crippen molar-refractivity contribution in [2.75, 3.05) is 13.1 Å². The van der Waals surface area contributed by atoms with Crippen LogP contribution in [0.4, 0.5) is 17.6 Å². The molecule has 1 aromatic rings. The molecule has 24 heavy (non-hydrogen) atoms. The van der Waals surface area contributed by atoms with Gasteiger partial charge in [0.1, 0.15) is 22.9 Å². The molecule has 0 spiro atoms. The molecule has 0 unspecified atom stereocenters. The lowest BCUT2D eigenvalue weighted by molar-refractivity contribution is -0.0501. The maximum absolute atomic E-state index is 13.8. The average Bonchev–Trinajstić information content (AvgIpc) is 3.26. The van der Waals surface area contributed by atoms with Gasteiger partial charge in [0.2, 0.25) is 0 Å². The van der Waals surface area contributed by atoms with Gasteiger partial charge in [-0.1, -0.05) is 0 Å². The highest BCUT2D eigenvalue weighted by atomic mass is 19.3. The third-order valence-corrected chi connectivity index (χ3v) is 3.80. The molecule has 0 saturated heterocycles. The highest BCUT2D eigenvalue weighted by molar-refractivity contribution is 5.94. The number of halogens is 4. The number of hydrogen-bond donors (Lipinski definition) is 1. The second-order valence-corrected chi connectivity index (χ2v) is 5.96. The van der Waals surface area contributed by atoms with Crippen molar-refractivity contribution in [1.82, 2.24) is 10.2 Å². The summed E-state index contributed by atoms with van der Waals surface area (Å²) >= 11 is 0. The Morgan fingerprint density at radius 2 is 1.88 bits per heavy atom. The van der Waals surface area contributed by atoms with Crippen molar-refractivity contribution in [1.29, 1.82) is 0 Å². The van der Waals surface area contributed by atoms with Crippen molar-refractivity contribution in [2.24, 2.45) is 0 Å². The number of rotatable bonds is 8. The summed E-state index contributed by atoms with van der Waals surface area (Å²) in [5, 5.41) is 2.46. The Balaban J connectivity index is 1.96. The molecule has 0 aromatic heterocycles. The standard InChI is InChI=1S/C16H20F4N2O2/c1-9(2)22(10-3-4-10)6-5-21-15(23)14-12(17)7-11(8-13(14)18)24-16(19)20/h7-10,16H,3-6H2,1-2H3,(H,21,23). The van der Waals surface area contributed by atoms with E-state index < -0.39 is 35.5 Å². The van der Waals surface area contributed by atoms with Crippen LogP contribution in [0.1, 0.15) is 37.0 Å². The molecule has 1 aromatic carbocycles. The Kier molecular flexibility index (Phi) is 6.04. The highest BCUT2D eigenvalue weighted by Crippen LogP contribution is 2.28. The molecule has 1 fully saturated rings. The first-order valence-corrected chi connectivity index (χ1v) is 7.77. The van der Waals surface area contributed by atoms with Gasteiger partial charge in [0.25, 0.3) is 5.91 Å². The molecule has 134 valence electrons. The van der Waals surface area contributed by atoms with Gasteiger partial charge in [-0.05, 0) is 26.7 Å². The molecule has 0 aliphatic heterocycles. The summed E-state index contributed by atoms with van der Waals surface area (Å²) in [4.78, 5) is 14.2. The molecule has 8 heteroatoms. The van der Waals surface area contributed by atoms with E-state index in [1.54, 1.807) is 0 Å². The zero-order valence-electron chi connectivity index (χ0n) is 13.5. The number of hydrogen-bond acceptors (Lipinski definition) is 3. The van der Waals surface area contributed by atoms with Crippen LogP contribution in [0.5, 0.6) is 5.75 Å². The maximum Gasteiger partial charge on any atom is 0.387 e. The largest absolute Gasteiger partial charge is 0.435 e. The number of nitrogens with one attached hydrogen (secondary N) is 1. The summed E-state index contributed by atoms with van der Waals surface area (Å²) < 4.78 is 55.7. The van der Waals surface area contributed by atoms with E-state index in [9.17, 15) is 22.4 Å². The normalized spacial score (nSPS) is 14.5. The van der Waals surface area contributed by atoms with E-state index in [1.807, 2.05) is 13.8 Å². The lowest BCUT2D eigenvalue weighted by Gasteiger charge is -2.26. The van der Waals surface area contributed by atoms with E-state index in [4.69, 9.17) is 0 Å². The molecule has 1 saturated carbocycles. The van der Waals surface area contributed by atoms with Crippen molar-refractivity contribution in [3.05, 3.63) is 29.3 Å². The number of ether oxygens (including phenoxy) is 1. The summed E-state index contributed by atoms with van der Waals surface area (Å²) in [5.41, 5.74) is -0.806. The Bertz CT molecular complexity index is 566. The first-order valence-electron chi connectivity index (χ1n) is 7.77. The summed E-state index contributed by atoms with van der Waals surface area (Å²) in [7, 11) is 0. The number of amides is 1. The zero-order chi connectivity index (χ0) is 17.9. The number of carbonyl (C=O) groups is 1. The van der Waals surface area contributed by atoms with Crippen LogP contribution in [0.15, 0.2) is 12.1 Å². The van der Waals surface area contributed by atoms with Crippen LogP contribution >= 0.6 is 0 Å². The molecule has 4 nitrogen and oxygen atoms in total. The molecule has 1 amide bonds. The SMILES string of the molecule is CC(C)N(CCNC(=O)c1c(F)cc(OC(F)F)cc1F)C1CC1. The van der Waals surface area contributed by atoms with Crippen LogP contribution in [0.25, 0.3) is 0 Å². The minimum atomic E-state index is -3.20. The monoisotopic (exact) mass is 348 g/mol. The highest BCUT2D eigenvalue weighted by Gasteiger charge is 2.30. The van der Waals surface area contributed by atoms with Crippen LogP contribution in [0, 0.1) is 11.6 Å². The fourth-order valence-corrected chi connectivity index (χ4v) is 2.59. The summed E-state index contributed by atoms with van der Waals surface area (Å²) in [6.07, 6.45) is 2.22. The first-order chi connectivity index (χ1) is 11.3. The number of alkyl halides is 2. The van der Waals surface area contributed by atoms with Gasteiger partial charge >= 0.3 is 6.61 Å². The summed E-state index contributed by atoms with van der Waals surface area (Å²) in [5.74, 6) is -4.08. The summed E-state index contributed by atoms with van der Waals surface area (Å²) in [6.45, 7) is 1.70. The lowest BCUT2D eigenvalue weighted by Crippen LogP contribution is -2.40. The zero-order valence-corrected chi connectivity index (χ0v) is 13.5. The second-order valence-electron chi connectivity index (χ2n) is 5.96. The maximum atomic E-state index is 13.8. The minimum absolute atomic E-state index is 0.238. The van der Waals surface area contributed by atoms with Gasteiger partial charge < -0.3 is 10.1 Å². The van der Waals surface area contributed by atoms with Crippen LogP contribution in [0.3, 0.4) is 0 Å². The van der Waals surface area contributed by atoms with E-state index in [1.165, 1.54) is 0 Å². The Morgan fingerprint density at radius 3 is 2.33 bits per heavy atom. The quantitative estimate of drug-likeness (QED) is 0.734. The molecular formula is C16H20F4N2O2. The predicted octanol–water partition coefficient (Wildman–Crippen LogP) is 3.17. The van der Waals surface area contributed by atoms with Crippen molar-refractivity contribution >= 4 is 5.91 Å². The third kappa shape index (κ3) is 4.83. The van der Waals surface area contributed by atoms with Crippen molar-refractivity contribution in [3.8, 4) is 5.75 Å². The molecule has 0 heterocycles. The van der Waals surface area contributed by atoms with Crippen molar-refractivity contribution < 1.29 is 27.1 Å². The fourth-order valence-electron chi connectivity index (χ4n) is 2.59. The topological polar surface area (TPSA) is 41.6 Å². The second kappa shape index (κ2) is 7.83. The van der Waals surface area contributed by atoms with Crippen LogP contribution in [0.2, 0.25) is 0 Å². The van der Waals surface area contributed by atoms with Gasteiger partial charge in [-0.3, -0.25) is 9.69 Å². The van der Waals surface area contributed by atoms with E-state index in [2.05, 4.69) is 15.0 Å². The molecule has 0 atom stereocenters. The Morgan fingerprint density at radius 1 is 1.29 bits per heavy atom. The Hall–Kier alpha value is -1.83. The lowest BCUT2D eigenvalue weighted by atomic mass is 10.1. The van der Waals surface area contributed by atoms with Crippen LogP contribution in [-0.2, 0) is 0 Å². The molecule has 0 radical (unpaired) electrons. The van der Waals surface area contributed by atoms with Gasteiger partial charge in [-0.25, -0.2) is 8.78 Å². The van der Waals surface area contributed by atoms with Gasteiger partial charge in [-0.2, -0.15) is 8.78 Å². The first kappa shape index (κ1) is 18.5. The number of carbonyl (C=O) groups excluding carboxylic acids is 1. The van der Waals surface area contributed by atoms with Gasteiger partial charge in [0.15, 0.2) is 0 Å². The van der Waals surface area contributed by atoms with E-state index in [-0.39, 0.29) is 6.54 Å². The fraction of sp³-hybridized carbons (Fsp3) is 0.562. The number of nitrogens with zero attached hydrogens (tertiary/aromatic N) is 1. The minimum Gasteiger partial charge on any atom is -0.435 e. The predicted molar refractivity (Wildman–Crippen MR) is 80.2 cm³/mol. The third-order valence-electron chi connectivity index (χ3n) is 3.80. The molecule has 0 bridgehead atoms. The molecule has 1 N–H and O–H groups in total. The number of benzene rings is 1. The van der Waals surface area contributed by atoms with E-state index in [0.717, 1.165) is 12.8 Å². The smallest absolute Gasteiger partial charge is 0.387 e. The molecule has 1 aliphatic carbocycles. The average molecular weight is 348 g/mol. The van der Waals surface area contributed by atoms with Gasteiger partial charge in [0, 0.05) is 37.3 Å². The Labute approximate surface area is 137 Å². The van der Waals surface area contributed by atoms with Crippen LogP contribution in [-0.4, -0.2) is 42.6 Å². The van der Waals surface area contributed by atoms with Crippen molar-refractivity contribution in [2.45, 2.75) is 45.4 Å². The molecule has 1 aliphatic rings. The van der Waals surface area contributed by atoms with Gasteiger partial charge in [0.05, 0.1) is 0 Å². The van der Waals surface area contributed by atoms with Crippen molar-refractivity contribution in [3.63, 3.8) is 0 Å². The molecule has 2 rings (SSSR count). The van der Waals surface area contributed by atoms with Gasteiger partial charge in [-0.15, -0.1) is 0 Å². The van der Waals surface area contributed by atoms with Crippen LogP contribution < -0.4 is 10.1 Å². The molecular weight excluding hydrogens is 328 g/mol. The van der Waals surface area contributed by atoms with E-state index in [0.29, 0.717) is 30.8 Å².